The van der Waals surface area contributed by atoms with Crippen LogP contribution in [0.1, 0.15) is 10.4 Å². The molecule has 0 spiro atoms. The lowest BCUT2D eigenvalue weighted by Gasteiger charge is -2.06. The number of non-ortho nitro benzene ring substituents is 1. The van der Waals surface area contributed by atoms with Gasteiger partial charge in [0.1, 0.15) is 0 Å². The van der Waals surface area contributed by atoms with E-state index in [1.165, 1.54) is 17.0 Å². The Morgan fingerprint density at radius 3 is 2.84 bits per heavy atom. The van der Waals surface area contributed by atoms with E-state index in [9.17, 15) is 10.1 Å². The number of rotatable bonds is 6. The van der Waals surface area contributed by atoms with Crippen LogP contribution in [0.4, 0.5) is 5.69 Å². The Balaban J connectivity index is 1.84. The number of hydrogen-bond donors (Lipinski definition) is 1. The van der Waals surface area contributed by atoms with Gasteiger partial charge in [-0.2, -0.15) is 0 Å². The Morgan fingerprint density at radius 2 is 2.21 bits per heavy atom. The molecular weight excluding hydrogens is 328 g/mol. The molecule has 100 valence electrons. The van der Waals surface area contributed by atoms with Crippen LogP contribution in [0, 0.1) is 10.1 Å². The molecule has 0 saturated carbocycles. The highest BCUT2D eigenvalue weighted by Gasteiger charge is 2.08. The topological polar surface area (TPSA) is 55.2 Å². The molecule has 2 aromatic rings. The van der Waals surface area contributed by atoms with Gasteiger partial charge in [-0.1, -0.05) is 22.0 Å². The summed E-state index contributed by atoms with van der Waals surface area (Å²) >= 11 is 5.12. The molecule has 0 atom stereocenters. The molecule has 1 aromatic carbocycles. The molecule has 0 saturated heterocycles. The van der Waals surface area contributed by atoms with E-state index >= 15 is 0 Å². The van der Waals surface area contributed by atoms with E-state index in [4.69, 9.17) is 0 Å². The monoisotopic (exact) mass is 340 g/mol. The Morgan fingerprint density at radius 1 is 1.37 bits per heavy atom. The van der Waals surface area contributed by atoms with Crippen molar-refractivity contribution in [3.63, 3.8) is 0 Å². The van der Waals surface area contributed by atoms with Crippen LogP contribution in [0.3, 0.4) is 0 Å². The number of nitrogens with one attached hydrogen (secondary N) is 1. The molecule has 19 heavy (non-hydrogen) atoms. The molecule has 0 unspecified atom stereocenters. The summed E-state index contributed by atoms with van der Waals surface area (Å²) in [6.45, 7) is 1.59. The van der Waals surface area contributed by atoms with Gasteiger partial charge in [0, 0.05) is 34.6 Å². The summed E-state index contributed by atoms with van der Waals surface area (Å²) in [7, 11) is 0. The van der Waals surface area contributed by atoms with Gasteiger partial charge in [0.15, 0.2) is 0 Å². The van der Waals surface area contributed by atoms with Crippen molar-refractivity contribution in [2.45, 2.75) is 13.0 Å². The second kappa shape index (κ2) is 6.79. The summed E-state index contributed by atoms with van der Waals surface area (Å²) in [6.07, 6.45) is 1.00. The van der Waals surface area contributed by atoms with Gasteiger partial charge in [0.05, 0.1) is 4.92 Å². The maximum Gasteiger partial charge on any atom is 0.270 e. The van der Waals surface area contributed by atoms with Crippen LogP contribution in [0.15, 0.2) is 40.2 Å². The molecule has 0 aliphatic carbocycles. The van der Waals surface area contributed by atoms with E-state index in [2.05, 4.69) is 32.7 Å². The molecule has 2 rings (SSSR count). The minimum Gasteiger partial charge on any atom is -0.312 e. The molecule has 0 amide bonds. The summed E-state index contributed by atoms with van der Waals surface area (Å²) in [4.78, 5) is 11.6. The number of thiophene rings is 1. The first-order chi connectivity index (χ1) is 9.16. The summed E-state index contributed by atoms with van der Waals surface area (Å²) in [6, 6.07) is 9.01. The third-order valence-electron chi connectivity index (χ3n) is 2.69. The van der Waals surface area contributed by atoms with E-state index in [1.807, 2.05) is 6.07 Å². The predicted molar refractivity (Wildman–Crippen MR) is 80.5 cm³/mol. The Labute approximate surface area is 123 Å². The van der Waals surface area contributed by atoms with Crippen molar-refractivity contribution in [1.29, 1.82) is 0 Å². The lowest BCUT2D eigenvalue weighted by molar-refractivity contribution is -0.384. The van der Waals surface area contributed by atoms with Crippen molar-refractivity contribution < 1.29 is 4.92 Å². The van der Waals surface area contributed by atoms with Gasteiger partial charge in [0.2, 0.25) is 0 Å². The molecule has 1 heterocycles. The van der Waals surface area contributed by atoms with Crippen molar-refractivity contribution in [2.24, 2.45) is 0 Å². The summed E-state index contributed by atoms with van der Waals surface area (Å²) in [5, 5.41) is 16.0. The molecule has 1 N–H and O–H groups in total. The maximum atomic E-state index is 10.6. The normalized spacial score (nSPS) is 10.6. The van der Waals surface area contributed by atoms with Crippen LogP contribution in [-0.2, 0) is 13.0 Å². The number of nitro benzene ring substituents is 1. The van der Waals surface area contributed by atoms with Crippen LogP contribution in [-0.4, -0.2) is 11.5 Å². The largest absolute Gasteiger partial charge is 0.312 e. The molecule has 0 aliphatic rings. The minimum atomic E-state index is -0.390. The second-order valence-electron chi connectivity index (χ2n) is 4.04. The van der Waals surface area contributed by atoms with Gasteiger partial charge in [-0.3, -0.25) is 10.1 Å². The fourth-order valence-corrected chi connectivity index (χ4v) is 2.90. The van der Waals surface area contributed by atoms with Crippen LogP contribution in [0.2, 0.25) is 0 Å². The molecule has 0 radical (unpaired) electrons. The quantitative estimate of drug-likeness (QED) is 0.495. The molecule has 0 fully saturated rings. The van der Waals surface area contributed by atoms with Crippen molar-refractivity contribution in [2.75, 3.05) is 6.54 Å². The zero-order valence-corrected chi connectivity index (χ0v) is 12.5. The number of halogens is 1. The third kappa shape index (κ3) is 4.12. The maximum absolute atomic E-state index is 10.6. The van der Waals surface area contributed by atoms with Crippen molar-refractivity contribution >= 4 is 33.0 Å². The van der Waals surface area contributed by atoms with Crippen molar-refractivity contribution in [3.05, 3.63) is 60.7 Å². The summed E-state index contributed by atoms with van der Waals surface area (Å²) < 4.78 is 0.769. The zero-order chi connectivity index (χ0) is 13.7. The Bertz CT molecular complexity index is 558. The molecule has 0 bridgehead atoms. The SMILES string of the molecule is O=[N+]([O-])c1ccc(CNCCc2cccs2)c(Br)c1. The van der Waals surface area contributed by atoms with E-state index < -0.39 is 4.92 Å². The minimum absolute atomic E-state index is 0.106. The summed E-state index contributed by atoms with van der Waals surface area (Å²) in [5.74, 6) is 0. The van der Waals surface area contributed by atoms with E-state index in [0.717, 1.165) is 23.0 Å². The van der Waals surface area contributed by atoms with E-state index in [1.54, 1.807) is 17.4 Å². The third-order valence-corrected chi connectivity index (χ3v) is 4.37. The molecule has 6 heteroatoms. The zero-order valence-electron chi connectivity index (χ0n) is 10.1. The average Bonchev–Trinajstić information content (AvgIpc) is 2.89. The Kier molecular flexibility index (Phi) is 5.07. The van der Waals surface area contributed by atoms with Gasteiger partial charge < -0.3 is 5.32 Å². The number of benzene rings is 1. The summed E-state index contributed by atoms with van der Waals surface area (Å²) in [5.41, 5.74) is 1.13. The fourth-order valence-electron chi connectivity index (χ4n) is 1.68. The number of nitro groups is 1. The molecule has 4 nitrogen and oxygen atoms in total. The number of hydrogen-bond acceptors (Lipinski definition) is 4. The number of nitrogens with zero attached hydrogens (tertiary/aromatic N) is 1. The highest BCUT2D eigenvalue weighted by atomic mass is 79.9. The van der Waals surface area contributed by atoms with E-state index in [-0.39, 0.29) is 5.69 Å². The average molecular weight is 341 g/mol. The first-order valence-electron chi connectivity index (χ1n) is 5.83. The van der Waals surface area contributed by atoms with Crippen molar-refractivity contribution in [3.8, 4) is 0 Å². The van der Waals surface area contributed by atoms with Gasteiger partial charge in [-0.15, -0.1) is 11.3 Å². The fraction of sp³-hybridized carbons (Fsp3) is 0.231. The van der Waals surface area contributed by atoms with Crippen LogP contribution in [0.25, 0.3) is 0 Å². The van der Waals surface area contributed by atoms with Gasteiger partial charge in [-0.05, 0) is 29.5 Å². The van der Waals surface area contributed by atoms with Crippen LogP contribution >= 0.6 is 27.3 Å². The first kappa shape index (κ1) is 14.2. The van der Waals surface area contributed by atoms with Crippen LogP contribution in [0.5, 0.6) is 0 Å². The van der Waals surface area contributed by atoms with Crippen LogP contribution < -0.4 is 5.32 Å². The molecular formula is C13H13BrN2O2S. The highest BCUT2D eigenvalue weighted by molar-refractivity contribution is 9.10. The lowest BCUT2D eigenvalue weighted by Crippen LogP contribution is -2.16. The van der Waals surface area contributed by atoms with Gasteiger partial charge in [-0.25, -0.2) is 0 Å². The first-order valence-corrected chi connectivity index (χ1v) is 7.50. The smallest absolute Gasteiger partial charge is 0.270 e. The highest BCUT2D eigenvalue weighted by Crippen LogP contribution is 2.22. The van der Waals surface area contributed by atoms with Gasteiger partial charge >= 0.3 is 0 Å². The molecule has 0 aliphatic heterocycles. The van der Waals surface area contributed by atoms with E-state index in [0.29, 0.717) is 6.54 Å². The molecule has 1 aromatic heterocycles. The lowest BCUT2D eigenvalue weighted by atomic mass is 10.2. The van der Waals surface area contributed by atoms with Gasteiger partial charge in [0.25, 0.3) is 5.69 Å². The second-order valence-corrected chi connectivity index (χ2v) is 5.93. The van der Waals surface area contributed by atoms with Crippen molar-refractivity contribution in [1.82, 2.24) is 5.32 Å². The standard InChI is InChI=1S/C13H13BrN2O2S/c14-13-8-11(16(17)18)4-3-10(13)9-15-6-5-12-2-1-7-19-12/h1-4,7-8,15H,5-6,9H2. The predicted octanol–water partition coefficient (Wildman–Crippen LogP) is 3.75. The Hall–Kier alpha value is -1.24.